The Hall–Kier alpha value is -4.29. The summed E-state index contributed by atoms with van der Waals surface area (Å²) < 4.78 is 26.8. The van der Waals surface area contributed by atoms with Crippen LogP contribution in [0.4, 0.5) is 0 Å². The predicted octanol–water partition coefficient (Wildman–Crippen LogP) is 11.3. The van der Waals surface area contributed by atoms with Gasteiger partial charge in [-0.2, -0.15) is 0 Å². The summed E-state index contributed by atoms with van der Waals surface area (Å²) in [7, 11) is 0. The molecule has 3 aromatic heterocycles. The minimum absolute atomic E-state index is 0. The van der Waals surface area contributed by atoms with Crippen LogP contribution in [0.15, 0.2) is 120 Å². The summed E-state index contributed by atoms with van der Waals surface area (Å²) in [6.07, 6.45) is 0.562. The number of hydrogen-bond acceptors (Lipinski definition) is 3. The van der Waals surface area contributed by atoms with E-state index < -0.39 is 19.6 Å². The summed E-state index contributed by atoms with van der Waals surface area (Å²) in [5, 5.41) is 2.19. The average Bonchev–Trinajstić information content (AvgIpc) is 3.70. The zero-order valence-electron chi connectivity index (χ0n) is 32.1. The van der Waals surface area contributed by atoms with E-state index in [1.165, 1.54) is 11.1 Å². The summed E-state index contributed by atoms with van der Waals surface area (Å²) >= 11 is -2.20. The zero-order chi connectivity index (χ0) is 36.8. The Morgan fingerprint density at radius 1 is 0.824 bits per heavy atom. The fourth-order valence-electron chi connectivity index (χ4n) is 6.62. The fraction of sp³-hybridized carbons (Fsp3) is 0.200. The second-order valence-corrected chi connectivity index (χ2v) is 24.7. The number of imidazole rings is 1. The van der Waals surface area contributed by atoms with Crippen molar-refractivity contribution in [2.45, 2.75) is 51.3 Å². The minimum Gasteiger partial charge on any atom is 0 e. The second kappa shape index (κ2) is 15.1. The molecule has 1 radical (unpaired) electrons. The number of aromatic nitrogens is 3. The van der Waals surface area contributed by atoms with Crippen LogP contribution in [0.2, 0.25) is 17.3 Å². The third kappa shape index (κ3) is 7.39. The second-order valence-electron chi connectivity index (χ2n) is 14.1. The van der Waals surface area contributed by atoms with Crippen molar-refractivity contribution in [3.8, 4) is 28.3 Å². The van der Waals surface area contributed by atoms with E-state index in [1.807, 2.05) is 80.7 Å². The number of hydrogen-bond donors (Lipinski definition) is 0. The van der Waals surface area contributed by atoms with Crippen molar-refractivity contribution < 1.29 is 27.3 Å². The maximum Gasteiger partial charge on any atom is 0 e. The average molecular weight is 909 g/mol. The molecular weight excluding hydrogens is 863 g/mol. The Morgan fingerprint density at radius 2 is 1.55 bits per heavy atom. The summed E-state index contributed by atoms with van der Waals surface area (Å²) in [4.78, 5) is 9.63. The molecule has 0 unspecified atom stereocenters. The van der Waals surface area contributed by atoms with Gasteiger partial charge in [0.25, 0.3) is 0 Å². The molecule has 3 heterocycles. The first kappa shape index (κ1) is 33.8. The molecule has 6 heteroatoms. The fourth-order valence-corrected chi connectivity index (χ4v) is 9.56. The third-order valence-electron chi connectivity index (χ3n) is 8.93. The Bertz CT molecular complexity index is 2530. The van der Waals surface area contributed by atoms with Crippen molar-refractivity contribution in [1.82, 2.24) is 14.5 Å². The first-order chi connectivity index (χ1) is 24.9. The number of furan rings is 1. The molecule has 0 aliphatic rings. The molecular formula is C45H43GeIrN3O-2. The van der Waals surface area contributed by atoms with Gasteiger partial charge in [0.15, 0.2) is 0 Å². The standard InChI is InChI=1S/C27H19N2O.C18H24GeN.Ir/c1-17-9-7-10-18(2)25(17)29-23-15-5-4-14-22(23)28-27(29)21-13-8-12-20-19-11-3-6-16-24(19)30-26(20)21;1-14(2)11-16-12-18(15-9-7-6-8-10-15)20-13-17(16)19(3,4)5;/h3-12,14-16H,1-2H3;6-9,12-14H,11H2,1-5H3;/q2*-1;/i;11D2;. The van der Waals surface area contributed by atoms with Crippen LogP contribution in [0, 0.1) is 31.9 Å². The van der Waals surface area contributed by atoms with Gasteiger partial charge in [-0.1, -0.05) is 59.5 Å². The molecule has 0 N–H and O–H groups in total. The molecule has 0 atom stereocenters. The molecule has 259 valence electrons. The van der Waals surface area contributed by atoms with Crippen LogP contribution in [-0.4, -0.2) is 27.8 Å². The molecule has 4 nitrogen and oxygen atoms in total. The van der Waals surface area contributed by atoms with E-state index in [1.54, 1.807) is 0 Å². The number of rotatable bonds is 6. The molecule has 5 aromatic carbocycles. The molecule has 0 spiro atoms. The van der Waals surface area contributed by atoms with E-state index in [9.17, 15) is 0 Å². The van der Waals surface area contributed by atoms with Gasteiger partial charge in [0.2, 0.25) is 0 Å². The van der Waals surface area contributed by atoms with E-state index in [2.05, 4.69) is 101 Å². The van der Waals surface area contributed by atoms with Crippen LogP contribution < -0.4 is 4.40 Å². The maximum absolute atomic E-state index is 8.56. The largest absolute Gasteiger partial charge is 0 e. The van der Waals surface area contributed by atoms with Gasteiger partial charge in [0.1, 0.15) is 5.58 Å². The van der Waals surface area contributed by atoms with Crippen LogP contribution in [0.5, 0.6) is 0 Å². The molecule has 0 saturated heterocycles. The molecule has 0 bridgehead atoms. The summed E-state index contributed by atoms with van der Waals surface area (Å²) in [5.41, 5.74) is 10.7. The number of fused-ring (bicyclic) bond motifs is 4. The first-order valence-electron chi connectivity index (χ1n) is 18.2. The topological polar surface area (TPSA) is 43.9 Å². The molecule has 51 heavy (non-hydrogen) atoms. The van der Waals surface area contributed by atoms with Crippen molar-refractivity contribution in [1.29, 1.82) is 0 Å². The Balaban J connectivity index is 0.000000188. The van der Waals surface area contributed by atoms with Crippen molar-refractivity contribution in [3.63, 3.8) is 0 Å². The Morgan fingerprint density at radius 3 is 2.27 bits per heavy atom. The smallest absolute Gasteiger partial charge is 0 e. The number of pyridine rings is 1. The van der Waals surface area contributed by atoms with E-state index in [-0.39, 0.29) is 26.0 Å². The van der Waals surface area contributed by atoms with E-state index in [0.29, 0.717) is 0 Å². The van der Waals surface area contributed by atoms with Crippen molar-refractivity contribution in [2.24, 2.45) is 5.92 Å². The normalized spacial score (nSPS) is 12.4. The van der Waals surface area contributed by atoms with Gasteiger partial charge in [-0.3, -0.25) is 4.98 Å². The monoisotopic (exact) mass is 910 g/mol. The number of aryl methyl sites for hydroxylation is 2. The van der Waals surface area contributed by atoms with Crippen LogP contribution in [0.25, 0.3) is 61.3 Å². The number of nitrogens with zero attached hydrogens (tertiary/aromatic N) is 3. The molecule has 0 saturated carbocycles. The van der Waals surface area contributed by atoms with Gasteiger partial charge < -0.3 is 8.98 Å². The summed E-state index contributed by atoms with van der Waals surface area (Å²) in [6.45, 7) is 8.17. The summed E-state index contributed by atoms with van der Waals surface area (Å²) in [6, 6.07) is 43.1. The van der Waals surface area contributed by atoms with Crippen LogP contribution in [-0.2, 0) is 26.5 Å². The van der Waals surface area contributed by atoms with Gasteiger partial charge in [0.05, 0.1) is 22.4 Å². The zero-order valence-corrected chi connectivity index (χ0v) is 34.6. The minimum atomic E-state index is -2.20. The van der Waals surface area contributed by atoms with Gasteiger partial charge in [-0.25, -0.2) is 0 Å². The first-order valence-corrected chi connectivity index (χ1v) is 24.5. The van der Waals surface area contributed by atoms with Crippen molar-refractivity contribution in [3.05, 3.63) is 144 Å². The van der Waals surface area contributed by atoms with E-state index >= 15 is 0 Å². The number of benzene rings is 5. The Labute approximate surface area is 320 Å². The van der Waals surface area contributed by atoms with Gasteiger partial charge >= 0.3 is 128 Å². The molecule has 0 aliphatic heterocycles. The molecule has 0 fully saturated rings. The van der Waals surface area contributed by atoms with Crippen LogP contribution in [0.3, 0.4) is 0 Å². The molecule has 0 aliphatic carbocycles. The van der Waals surface area contributed by atoms with Gasteiger partial charge in [-0.15, -0.1) is 18.2 Å². The molecule has 8 aromatic rings. The van der Waals surface area contributed by atoms with E-state index in [4.69, 9.17) is 12.1 Å². The Kier molecular flexibility index (Phi) is 10.0. The number of para-hydroxylation sites is 4. The SMILES string of the molecule is Cc1cccc(C)c1-n1c(-c2[c-]ccc3c2oc2ccccc23)nc2ccccc21.[2H]C([2H])(c1cc(-c2[c-]cccc2)nc[c]1[Ge]([CH3])([CH3])[CH3])C(C)C.[Ir]. The van der Waals surface area contributed by atoms with Crippen molar-refractivity contribution in [2.75, 3.05) is 0 Å². The van der Waals surface area contributed by atoms with Crippen molar-refractivity contribution >= 4 is 50.6 Å². The third-order valence-corrected chi connectivity index (χ3v) is 13.2. The molecule has 0 amide bonds. The van der Waals surface area contributed by atoms with E-state index in [0.717, 1.165) is 71.3 Å². The van der Waals surface area contributed by atoms with Crippen LogP contribution >= 0.6 is 0 Å². The van der Waals surface area contributed by atoms with Crippen LogP contribution in [0.1, 0.15) is 33.3 Å². The van der Waals surface area contributed by atoms with Gasteiger partial charge in [0, 0.05) is 31.2 Å². The predicted molar refractivity (Wildman–Crippen MR) is 212 cm³/mol. The maximum atomic E-state index is 8.56. The van der Waals surface area contributed by atoms with Gasteiger partial charge in [-0.05, 0) is 43.2 Å². The molecule has 8 rings (SSSR count). The quantitative estimate of drug-likeness (QED) is 0.123. The summed E-state index contributed by atoms with van der Waals surface area (Å²) in [5.74, 6) is 7.62.